The summed E-state index contributed by atoms with van der Waals surface area (Å²) in [5, 5.41) is 0. The monoisotopic (exact) mass is 426 g/mol. The Bertz CT molecular complexity index is 860. The van der Waals surface area contributed by atoms with E-state index in [1.165, 1.54) is 4.31 Å². The van der Waals surface area contributed by atoms with E-state index < -0.39 is 10.0 Å². The van der Waals surface area contributed by atoms with Crippen molar-refractivity contribution in [2.24, 2.45) is 0 Å². The lowest BCUT2D eigenvalue weighted by Gasteiger charge is -2.24. The fourth-order valence-corrected chi connectivity index (χ4v) is 4.27. The van der Waals surface area contributed by atoms with Crippen molar-refractivity contribution in [3.05, 3.63) is 54.1 Å². The van der Waals surface area contributed by atoms with Crippen LogP contribution in [0.2, 0.25) is 0 Å². The predicted octanol–water partition coefficient (Wildman–Crippen LogP) is 3.02. The molecule has 0 radical (unpaired) electrons. The Morgan fingerprint density at radius 2 is 1.61 bits per heavy atom. The minimum Gasteiger partial charge on any atom is -0.490 e. The van der Waals surface area contributed by atoms with Crippen molar-refractivity contribution in [2.45, 2.75) is 17.9 Å². The van der Waals surface area contributed by atoms with E-state index in [9.17, 15) is 8.42 Å². The Hall–Kier alpha value is -1.80. The third-order valence-electron chi connectivity index (χ3n) is 4.36. The molecule has 6 nitrogen and oxygen atoms in total. The molecule has 1 aliphatic rings. The van der Waals surface area contributed by atoms with Gasteiger partial charge >= 0.3 is 0 Å². The van der Waals surface area contributed by atoms with Gasteiger partial charge in [0, 0.05) is 32.1 Å². The van der Waals surface area contributed by atoms with E-state index >= 15 is 0 Å². The first kappa shape index (κ1) is 22.5. The Labute approximate surface area is 173 Å². The Kier molecular flexibility index (Phi) is 8.12. The Morgan fingerprint density at radius 3 is 2.29 bits per heavy atom. The molecule has 0 N–H and O–H groups in total. The molecule has 0 saturated carbocycles. The zero-order valence-corrected chi connectivity index (χ0v) is 17.8. The van der Waals surface area contributed by atoms with Crippen LogP contribution in [0.3, 0.4) is 0 Å². The molecule has 1 heterocycles. The molecule has 0 aliphatic carbocycles. The van der Waals surface area contributed by atoms with Crippen LogP contribution >= 0.6 is 12.4 Å². The van der Waals surface area contributed by atoms with Crippen molar-refractivity contribution in [3.63, 3.8) is 0 Å². The van der Waals surface area contributed by atoms with Crippen molar-refractivity contribution in [3.8, 4) is 11.5 Å². The van der Waals surface area contributed by atoms with Gasteiger partial charge in [0.15, 0.2) is 11.5 Å². The second-order valence-electron chi connectivity index (χ2n) is 6.79. The molecule has 154 valence electrons. The van der Waals surface area contributed by atoms with Crippen LogP contribution in [-0.4, -0.2) is 58.0 Å². The van der Waals surface area contributed by atoms with E-state index in [2.05, 4.69) is 0 Å². The van der Waals surface area contributed by atoms with Gasteiger partial charge in [-0.15, -0.1) is 12.4 Å². The number of hydrogen-bond donors (Lipinski definition) is 0. The van der Waals surface area contributed by atoms with Crippen LogP contribution in [0.4, 0.5) is 0 Å². The zero-order valence-electron chi connectivity index (χ0n) is 16.2. The first-order chi connectivity index (χ1) is 13.0. The van der Waals surface area contributed by atoms with E-state index in [4.69, 9.17) is 9.47 Å². The molecule has 0 aromatic heterocycles. The van der Waals surface area contributed by atoms with E-state index in [0.29, 0.717) is 44.3 Å². The van der Waals surface area contributed by atoms with Crippen LogP contribution in [0.1, 0.15) is 12.0 Å². The van der Waals surface area contributed by atoms with Gasteiger partial charge in [0.25, 0.3) is 0 Å². The van der Waals surface area contributed by atoms with Crippen LogP contribution in [0.5, 0.6) is 11.5 Å². The average Bonchev–Trinajstić information content (AvgIpc) is 2.90. The number of fused-ring (bicyclic) bond motifs is 1. The topological polar surface area (TPSA) is 59.1 Å². The van der Waals surface area contributed by atoms with Crippen molar-refractivity contribution in [1.82, 2.24) is 9.21 Å². The minimum absolute atomic E-state index is 0. The van der Waals surface area contributed by atoms with Gasteiger partial charge in [-0.05, 0) is 31.8 Å². The molecule has 0 unspecified atom stereocenters. The van der Waals surface area contributed by atoms with Crippen LogP contribution in [0, 0.1) is 0 Å². The first-order valence-corrected chi connectivity index (χ1v) is 10.5. The number of benzene rings is 2. The largest absolute Gasteiger partial charge is 0.490 e. The highest BCUT2D eigenvalue weighted by molar-refractivity contribution is 7.89. The maximum Gasteiger partial charge on any atom is 0.243 e. The lowest BCUT2D eigenvalue weighted by atomic mass is 10.2. The molecule has 2 aromatic rings. The third kappa shape index (κ3) is 5.61. The van der Waals surface area contributed by atoms with E-state index in [1.807, 2.05) is 49.3 Å². The molecule has 0 spiro atoms. The quantitative estimate of drug-likeness (QED) is 0.681. The molecular formula is C20H27ClN2O4S. The number of likely N-dealkylation sites (N-methyl/N-ethyl adjacent to an activating group) is 1. The summed E-state index contributed by atoms with van der Waals surface area (Å²) in [7, 11) is 0.194. The van der Waals surface area contributed by atoms with Gasteiger partial charge in [-0.1, -0.05) is 30.3 Å². The van der Waals surface area contributed by atoms with Crippen molar-refractivity contribution < 1.29 is 17.9 Å². The van der Waals surface area contributed by atoms with E-state index in [1.54, 1.807) is 18.2 Å². The molecule has 0 atom stereocenters. The molecule has 28 heavy (non-hydrogen) atoms. The van der Waals surface area contributed by atoms with Crippen LogP contribution in [-0.2, 0) is 16.6 Å². The van der Waals surface area contributed by atoms with Gasteiger partial charge in [-0.25, -0.2) is 8.42 Å². The summed E-state index contributed by atoms with van der Waals surface area (Å²) < 4.78 is 39.5. The summed E-state index contributed by atoms with van der Waals surface area (Å²) in [6.45, 7) is 2.45. The summed E-state index contributed by atoms with van der Waals surface area (Å²) in [4.78, 5) is 2.20. The molecule has 0 fully saturated rings. The molecule has 0 saturated heterocycles. The number of sulfonamides is 1. The lowest BCUT2D eigenvalue weighted by molar-refractivity contribution is 0.296. The molecular weight excluding hydrogens is 400 g/mol. The second kappa shape index (κ2) is 10.1. The fraction of sp³-hybridized carbons (Fsp3) is 0.400. The van der Waals surface area contributed by atoms with Gasteiger partial charge in [0.1, 0.15) is 0 Å². The smallest absolute Gasteiger partial charge is 0.243 e. The van der Waals surface area contributed by atoms with Crippen LogP contribution in [0.25, 0.3) is 0 Å². The second-order valence-corrected chi connectivity index (χ2v) is 8.72. The third-order valence-corrected chi connectivity index (χ3v) is 6.20. The Morgan fingerprint density at radius 1 is 0.929 bits per heavy atom. The molecule has 0 bridgehead atoms. The molecule has 8 heteroatoms. The maximum absolute atomic E-state index is 13.3. The molecule has 3 rings (SSSR count). The van der Waals surface area contributed by atoms with Gasteiger partial charge in [-0.3, -0.25) is 0 Å². The number of nitrogens with zero attached hydrogens (tertiary/aromatic N) is 2. The number of hydrogen-bond acceptors (Lipinski definition) is 5. The molecule has 1 aliphatic heterocycles. The summed E-state index contributed by atoms with van der Waals surface area (Å²) in [5.74, 6) is 1.08. The lowest BCUT2D eigenvalue weighted by Crippen LogP contribution is -2.36. The van der Waals surface area contributed by atoms with Gasteiger partial charge in [0.2, 0.25) is 10.0 Å². The van der Waals surface area contributed by atoms with Crippen molar-refractivity contribution >= 4 is 22.4 Å². The number of rotatable bonds is 7. The standard InChI is InChI=1S/C20H26N2O4S.ClH/c1-21(2)11-12-22(16-17-7-4-3-5-8-17)27(23,24)18-9-10-19-20(15-18)26-14-6-13-25-19;/h3-5,7-10,15H,6,11-14,16H2,1-2H3;1H. The summed E-state index contributed by atoms with van der Waals surface area (Å²) in [6, 6.07) is 14.5. The van der Waals surface area contributed by atoms with Crippen LogP contribution in [0.15, 0.2) is 53.4 Å². The minimum atomic E-state index is -3.67. The van der Waals surface area contributed by atoms with E-state index in [-0.39, 0.29) is 17.3 Å². The predicted molar refractivity (Wildman–Crippen MR) is 112 cm³/mol. The van der Waals surface area contributed by atoms with Gasteiger partial charge < -0.3 is 14.4 Å². The van der Waals surface area contributed by atoms with Crippen LogP contribution < -0.4 is 9.47 Å². The SMILES string of the molecule is CN(C)CCN(Cc1ccccc1)S(=O)(=O)c1ccc2c(c1)OCCCO2.Cl. The van der Waals surface area contributed by atoms with Gasteiger partial charge in [0.05, 0.1) is 18.1 Å². The molecule has 2 aromatic carbocycles. The Balaban J connectivity index is 0.00000280. The summed E-state index contributed by atoms with van der Waals surface area (Å²) in [5.41, 5.74) is 0.953. The normalized spacial score (nSPS) is 13.9. The maximum atomic E-state index is 13.3. The van der Waals surface area contributed by atoms with Crippen molar-refractivity contribution in [1.29, 1.82) is 0 Å². The fourth-order valence-electron chi connectivity index (χ4n) is 2.84. The first-order valence-electron chi connectivity index (χ1n) is 9.05. The zero-order chi connectivity index (χ0) is 19.3. The van der Waals surface area contributed by atoms with E-state index in [0.717, 1.165) is 12.0 Å². The highest BCUT2D eigenvalue weighted by atomic mass is 35.5. The summed E-state index contributed by atoms with van der Waals surface area (Å²) in [6.07, 6.45) is 0.778. The molecule has 0 amide bonds. The number of halogens is 1. The highest BCUT2D eigenvalue weighted by Crippen LogP contribution is 2.33. The summed E-state index contributed by atoms with van der Waals surface area (Å²) >= 11 is 0. The number of ether oxygens (including phenoxy) is 2. The van der Waals surface area contributed by atoms with Gasteiger partial charge in [-0.2, -0.15) is 4.31 Å². The highest BCUT2D eigenvalue weighted by Gasteiger charge is 2.26. The van der Waals surface area contributed by atoms with Crippen molar-refractivity contribution in [2.75, 3.05) is 40.4 Å². The average molecular weight is 427 g/mol.